The molecule has 3 amide bonds. The van der Waals surface area contributed by atoms with Gasteiger partial charge in [-0.15, -0.1) is 0 Å². The Kier molecular flexibility index (Phi) is 8.43. The van der Waals surface area contributed by atoms with E-state index in [0.29, 0.717) is 38.8 Å². The third-order valence-electron chi connectivity index (χ3n) is 6.05. The highest BCUT2D eigenvalue weighted by Gasteiger charge is 2.54. The molecule has 0 radical (unpaired) electrons. The van der Waals surface area contributed by atoms with Crippen molar-refractivity contribution in [3.05, 3.63) is 71.8 Å². The van der Waals surface area contributed by atoms with Gasteiger partial charge in [0.1, 0.15) is 18.2 Å². The molecule has 8 nitrogen and oxygen atoms in total. The van der Waals surface area contributed by atoms with E-state index in [-0.39, 0.29) is 6.61 Å². The van der Waals surface area contributed by atoms with Crippen molar-refractivity contribution in [3.8, 4) is 0 Å². The van der Waals surface area contributed by atoms with Gasteiger partial charge in [-0.3, -0.25) is 14.5 Å². The summed E-state index contributed by atoms with van der Waals surface area (Å²) < 4.78 is 5.51. The van der Waals surface area contributed by atoms with Gasteiger partial charge in [-0.25, -0.2) is 4.79 Å². The van der Waals surface area contributed by atoms with E-state index < -0.39 is 29.5 Å². The summed E-state index contributed by atoms with van der Waals surface area (Å²) >= 11 is 0. The van der Waals surface area contributed by atoms with Crippen molar-refractivity contribution in [2.24, 2.45) is 11.5 Å². The molecular weight excluding hydrogens is 420 g/mol. The minimum atomic E-state index is -1.14. The van der Waals surface area contributed by atoms with E-state index in [9.17, 15) is 14.4 Å². The van der Waals surface area contributed by atoms with Crippen LogP contribution >= 0.6 is 0 Å². The number of ether oxygens (including phenoxy) is 1. The molecule has 0 aromatic heterocycles. The molecule has 0 bridgehead atoms. The van der Waals surface area contributed by atoms with Crippen LogP contribution in [0, 0.1) is 0 Å². The van der Waals surface area contributed by atoms with E-state index in [1.165, 1.54) is 4.90 Å². The van der Waals surface area contributed by atoms with Crippen LogP contribution in [-0.4, -0.2) is 47.5 Å². The van der Waals surface area contributed by atoms with Crippen LogP contribution in [0.1, 0.15) is 36.8 Å². The van der Waals surface area contributed by atoms with Crippen LogP contribution in [0.4, 0.5) is 4.79 Å². The lowest BCUT2D eigenvalue weighted by Gasteiger charge is -2.50. The summed E-state index contributed by atoms with van der Waals surface area (Å²) in [4.78, 5) is 39.9. The fraction of sp³-hybridized carbons (Fsp3) is 0.400. The largest absolute Gasteiger partial charge is 0.445 e. The number of primary amides is 1. The number of likely N-dealkylation sites (tertiary alicyclic amines) is 1. The molecule has 0 spiro atoms. The van der Waals surface area contributed by atoms with Gasteiger partial charge in [-0.05, 0) is 43.4 Å². The van der Waals surface area contributed by atoms with Gasteiger partial charge in [-0.1, -0.05) is 60.7 Å². The highest BCUT2D eigenvalue weighted by molar-refractivity contribution is 5.95. The molecule has 1 unspecified atom stereocenters. The first-order chi connectivity index (χ1) is 16.0. The predicted octanol–water partition coefficient (Wildman–Crippen LogP) is 2.11. The number of unbranched alkanes of at least 4 members (excludes halogenated alkanes) is 1. The Bertz CT molecular complexity index is 938. The molecule has 1 heterocycles. The van der Waals surface area contributed by atoms with E-state index in [2.05, 4.69) is 5.32 Å². The van der Waals surface area contributed by atoms with Crippen molar-refractivity contribution in [3.63, 3.8) is 0 Å². The van der Waals surface area contributed by atoms with Crippen molar-refractivity contribution in [2.75, 3.05) is 13.1 Å². The standard InChI is InChI=1S/C25H32N4O4/c26-15-8-7-13-21(22(27)30)28-23(31)25(17-19-9-3-1-4-10-19)14-16-29(25)24(32)33-18-20-11-5-2-6-12-20/h1-6,9-12,21H,7-8,13-18,26H2,(H2,27,30)(H,28,31)/t21-,25?/m0/s1. The lowest BCUT2D eigenvalue weighted by atomic mass is 9.78. The lowest BCUT2D eigenvalue weighted by Crippen LogP contribution is -2.71. The Morgan fingerprint density at radius 3 is 2.18 bits per heavy atom. The highest BCUT2D eigenvalue weighted by atomic mass is 16.6. The normalized spacial score (nSPS) is 18.2. The van der Waals surface area contributed by atoms with Crippen LogP contribution in [0.25, 0.3) is 0 Å². The summed E-state index contributed by atoms with van der Waals surface area (Å²) in [6.07, 6.45) is 2.01. The van der Waals surface area contributed by atoms with Gasteiger partial charge in [0.15, 0.2) is 0 Å². The Labute approximate surface area is 194 Å². The zero-order valence-corrected chi connectivity index (χ0v) is 18.7. The van der Waals surface area contributed by atoms with Gasteiger partial charge in [-0.2, -0.15) is 0 Å². The lowest BCUT2D eigenvalue weighted by molar-refractivity contribution is -0.143. The van der Waals surface area contributed by atoms with Crippen LogP contribution in [0.2, 0.25) is 0 Å². The molecule has 1 aliphatic rings. The quantitative estimate of drug-likeness (QED) is 0.450. The molecule has 33 heavy (non-hydrogen) atoms. The minimum Gasteiger partial charge on any atom is -0.445 e. The Morgan fingerprint density at radius 2 is 1.64 bits per heavy atom. The van der Waals surface area contributed by atoms with Gasteiger partial charge in [0, 0.05) is 13.0 Å². The maximum absolute atomic E-state index is 13.5. The summed E-state index contributed by atoms with van der Waals surface area (Å²) in [6.45, 7) is 1.00. The first-order valence-corrected chi connectivity index (χ1v) is 11.3. The number of benzene rings is 2. The average molecular weight is 453 g/mol. The molecule has 3 rings (SSSR count). The summed E-state index contributed by atoms with van der Waals surface area (Å²) in [7, 11) is 0. The van der Waals surface area contributed by atoms with Crippen LogP contribution in [-0.2, 0) is 27.4 Å². The van der Waals surface area contributed by atoms with Crippen molar-refractivity contribution >= 4 is 17.9 Å². The highest BCUT2D eigenvalue weighted by Crippen LogP contribution is 2.35. The van der Waals surface area contributed by atoms with Crippen molar-refractivity contribution in [1.29, 1.82) is 0 Å². The molecule has 1 fully saturated rings. The number of hydrogen-bond acceptors (Lipinski definition) is 5. The van der Waals surface area contributed by atoms with Crippen LogP contribution < -0.4 is 16.8 Å². The van der Waals surface area contributed by atoms with E-state index in [0.717, 1.165) is 17.5 Å². The average Bonchev–Trinajstić information content (AvgIpc) is 2.81. The maximum Gasteiger partial charge on any atom is 0.411 e. The first-order valence-electron chi connectivity index (χ1n) is 11.3. The smallest absolute Gasteiger partial charge is 0.411 e. The molecule has 1 aliphatic heterocycles. The molecule has 8 heteroatoms. The number of carbonyl (C=O) groups is 3. The molecular formula is C25H32N4O4. The fourth-order valence-electron chi connectivity index (χ4n) is 4.06. The monoisotopic (exact) mass is 452 g/mol. The van der Waals surface area contributed by atoms with Crippen LogP contribution in [0.3, 0.4) is 0 Å². The molecule has 2 aromatic rings. The number of rotatable bonds is 11. The SMILES string of the molecule is NCCCC[C@H](NC(=O)C1(Cc2ccccc2)CCN1C(=O)OCc1ccccc1)C(N)=O. The molecule has 1 saturated heterocycles. The summed E-state index contributed by atoms with van der Waals surface area (Å²) in [5.74, 6) is -1.00. The number of nitrogens with zero attached hydrogens (tertiary/aromatic N) is 1. The summed E-state index contributed by atoms with van der Waals surface area (Å²) in [6, 6.07) is 18.0. The Morgan fingerprint density at radius 1 is 1.00 bits per heavy atom. The van der Waals surface area contributed by atoms with E-state index >= 15 is 0 Å². The fourth-order valence-corrected chi connectivity index (χ4v) is 4.06. The molecule has 2 atom stereocenters. The third-order valence-corrected chi connectivity index (χ3v) is 6.05. The number of nitrogens with one attached hydrogen (secondary N) is 1. The van der Waals surface area contributed by atoms with E-state index in [4.69, 9.17) is 16.2 Å². The van der Waals surface area contributed by atoms with Crippen molar-refractivity contribution < 1.29 is 19.1 Å². The van der Waals surface area contributed by atoms with Crippen molar-refractivity contribution in [2.45, 2.75) is 50.3 Å². The van der Waals surface area contributed by atoms with Crippen LogP contribution in [0.15, 0.2) is 60.7 Å². The van der Waals surface area contributed by atoms with Gasteiger partial charge in [0.2, 0.25) is 11.8 Å². The Balaban J connectivity index is 1.76. The first kappa shape index (κ1) is 24.3. The van der Waals surface area contributed by atoms with Gasteiger partial charge in [0.05, 0.1) is 0 Å². The summed E-state index contributed by atoms with van der Waals surface area (Å²) in [5, 5.41) is 2.79. The number of amides is 3. The molecule has 2 aromatic carbocycles. The molecule has 0 saturated carbocycles. The van der Waals surface area contributed by atoms with E-state index in [1.807, 2.05) is 60.7 Å². The topological polar surface area (TPSA) is 128 Å². The third kappa shape index (κ3) is 6.10. The second-order valence-corrected chi connectivity index (χ2v) is 8.35. The number of nitrogens with two attached hydrogens (primary N) is 2. The van der Waals surface area contributed by atoms with Gasteiger partial charge >= 0.3 is 6.09 Å². The Hall–Kier alpha value is -3.39. The predicted molar refractivity (Wildman–Crippen MR) is 125 cm³/mol. The molecule has 176 valence electrons. The van der Waals surface area contributed by atoms with E-state index in [1.54, 1.807) is 0 Å². The maximum atomic E-state index is 13.5. The zero-order chi connectivity index (χ0) is 23.7. The summed E-state index contributed by atoms with van der Waals surface area (Å²) in [5.41, 5.74) is 11.7. The van der Waals surface area contributed by atoms with Crippen molar-refractivity contribution in [1.82, 2.24) is 10.2 Å². The molecule has 5 N–H and O–H groups in total. The zero-order valence-electron chi connectivity index (χ0n) is 18.7. The number of carbonyl (C=O) groups excluding carboxylic acids is 3. The number of hydrogen-bond donors (Lipinski definition) is 3. The molecule has 0 aliphatic carbocycles. The second kappa shape index (κ2) is 11.5. The van der Waals surface area contributed by atoms with Crippen LogP contribution in [0.5, 0.6) is 0 Å². The minimum absolute atomic E-state index is 0.113. The van der Waals surface area contributed by atoms with Gasteiger partial charge in [0.25, 0.3) is 0 Å². The van der Waals surface area contributed by atoms with Gasteiger partial charge < -0.3 is 21.5 Å². The second-order valence-electron chi connectivity index (χ2n) is 8.35.